The fraction of sp³-hybridized carbons (Fsp3) is 0.462. The van der Waals surface area contributed by atoms with Crippen molar-refractivity contribution in [1.29, 1.82) is 0 Å². The summed E-state index contributed by atoms with van der Waals surface area (Å²) in [6.45, 7) is 1.42. The van der Waals surface area contributed by atoms with Gasteiger partial charge in [-0.25, -0.2) is 0 Å². The van der Waals surface area contributed by atoms with Gasteiger partial charge in [-0.3, -0.25) is 4.79 Å². The Morgan fingerprint density at radius 1 is 1.39 bits per heavy atom. The van der Waals surface area contributed by atoms with E-state index >= 15 is 0 Å². The summed E-state index contributed by atoms with van der Waals surface area (Å²) in [6, 6.07) is 4.88. The van der Waals surface area contributed by atoms with Crippen LogP contribution < -0.4 is 11.1 Å². The molecule has 0 bridgehead atoms. The van der Waals surface area contributed by atoms with Crippen molar-refractivity contribution in [3.8, 4) is 0 Å². The van der Waals surface area contributed by atoms with Crippen LogP contribution in [0.2, 0.25) is 5.02 Å². The van der Waals surface area contributed by atoms with Crippen molar-refractivity contribution in [1.82, 2.24) is 5.32 Å². The van der Waals surface area contributed by atoms with E-state index in [9.17, 15) is 4.79 Å². The fourth-order valence-corrected chi connectivity index (χ4v) is 1.70. The zero-order chi connectivity index (χ0) is 13.4. The Kier molecular flexibility index (Phi) is 6.54. The summed E-state index contributed by atoms with van der Waals surface area (Å²) in [7, 11) is 1.69. The minimum Gasteiger partial charge on any atom is -0.398 e. The standard InChI is InChI=1S/C13H19ClN2O2/c1-18-8-4-2-3-7-16-13(17)10-5-6-12(15)11(14)9-10/h5-6,9H,2-4,7-8,15H2,1H3,(H,16,17). The number of anilines is 1. The lowest BCUT2D eigenvalue weighted by atomic mass is 10.2. The van der Waals surface area contributed by atoms with Gasteiger partial charge in [-0.1, -0.05) is 11.6 Å². The third kappa shape index (κ3) is 4.94. The average molecular weight is 271 g/mol. The number of halogens is 1. The van der Waals surface area contributed by atoms with Crippen LogP contribution in [-0.2, 0) is 4.74 Å². The highest BCUT2D eigenvalue weighted by atomic mass is 35.5. The van der Waals surface area contributed by atoms with Crippen LogP contribution in [0.1, 0.15) is 29.6 Å². The fourth-order valence-electron chi connectivity index (χ4n) is 1.52. The van der Waals surface area contributed by atoms with Crippen molar-refractivity contribution in [2.24, 2.45) is 0 Å². The molecule has 0 aliphatic carbocycles. The predicted molar refractivity (Wildman–Crippen MR) is 73.9 cm³/mol. The van der Waals surface area contributed by atoms with Gasteiger partial charge in [0.15, 0.2) is 0 Å². The van der Waals surface area contributed by atoms with Gasteiger partial charge in [0.05, 0.1) is 10.7 Å². The second-order valence-electron chi connectivity index (χ2n) is 4.05. The molecular weight excluding hydrogens is 252 g/mol. The maximum absolute atomic E-state index is 11.8. The Labute approximate surface area is 112 Å². The van der Waals surface area contributed by atoms with Crippen molar-refractivity contribution in [2.75, 3.05) is 26.0 Å². The maximum Gasteiger partial charge on any atom is 0.251 e. The highest BCUT2D eigenvalue weighted by Crippen LogP contribution is 2.19. The van der Waals surface area contributed by atoms with Crippen molar-refractivity contribution < 1.29 is 9.53 Å². The Bertz CT molecular complexity index is 397. The van der Waals surface area contributed by atoms with Gasteiger partial charge < -0.3 is 15.8 Å². The number of methoxy groups -OCH3 is 1. The Morgan fingerprint density at radius 2 is 2.17 bits per heavy atom. The molecule has 1 amide bonds. The molecule has 0 fully saturated rings. The molecular formula is C13H19ClN2O2. The van der Waals surface area contributed by atoms with E-state index in [1.54, 1.807) is 25.3 Å². The first-order valence-electron chi connectivity index (χ1n) is 5.97. The smallest absolute Gasteiger partial charge is 0.251 e. The number of amides is 1. The van der Waals surface area contributed by atoms with Crippen LogP contribution in [0.4, 0.5) is 5.69 Å². The van der Waals surface area contributed by atoms with Crippen molar-refractivity contribution in [2.45, 2.75) is 19.3 Å². The third-order valence-corrected chi connectivity index (χ3v) is 2.90. The molecule has 0 heterocycles. The molecule has 5 heteroatoms. The number of nitrogen functional groups attached to an aromatic ring is 1. The number of carbonyl (C=O) groups is 1. The minimum atomic E-state index is -0.122. The first-order valence-corrected chi connectivity index (χ1v) is 6.35. The van der Waals surface area contributed by atoms with Gasteiger partial charge in [0.2, 0.25) is 0 Å². The number of ether oxygens (including phenoxy) is 1. The molecule has 0 radical (unpaired) electrons. The molecule has 1 aromatic rings. The second kappa shape index (κ2) is 7.95. The minimum absolute atomic E-state index is 0.122. The SMILES string of the molecule is COCCCCCNC(=O)c1ccc(N)c(Cl)c1. The van der Waals surface area contributed by atoms with Crippen LogP contribution >= 0.6 is 11.6 Å². The molecule has 100 valence electrons. The lowest BCUT2D eigenvalue weighted by Crippen LogP contribution is -2.24. The zero-order valence-electron chi connectivity index (χ0n) is 10.5. The summed E-state index contributed by atoms with van der Waals surface area (Å²) >= 11 is 5.86. The van der Waals surface area contributed by atoms with E-state index in [4.69, 9.17) is 22.1 Å². The monoisotopic (exact) mass is 270 g/mol. The van der Waals surface area contributed by atoms with E-state index in [0.717, 1.165) is 25.9 Å². The van der Waals surface area contributed by atoms with Crippen molar-refractivity contribution in [3.63, 3.8) is 0 Å². The van der Waals surface area contributed by atoms with Gasteiger partial charge in [0.1, 0.15) is 0 Å². The summed E-state index contributed by atoms with van der Waals surface area (Å²) in [5, 5.41) is 3.25. The summed E-state index contributed by atoms with van der Waals surface area (Å²) in [6.07, 6.45) is 2.99. The molecule has 0 saturated carbocycles. The lowest BCUT2D eigenvalue weighted by molar-refractivity contribution is 0.0952. The van der Waals surface area contributed by atoms with Crippen LogP contribution in [0.15, 0.2) is 18.2 Å². The average Bonchev–Trinajstić information content (AvgIpc) is 2.36. The Morgan fingerprint density at radius 3 is 2.83 bits per heavy atom. The predicted octanol–water partition coefficient (Wildman–Crippen LogP) is 2.47. The number of hydrogen-bond acceptors (Lipinski definition) is 3. The molecule has 0 unspecified atom stereocenters. The van der Waals surface area contributed by atoms with E-state index in [-0.39, 0.29) is 5.91 Å². The highest BCUT2D eigenvalue weighted by molar-refractivity contribution is 6.33. The van der Waals surface area contributed by atoms with E-state index in [1.807, 2.05) is 0 Å². The number of nitrogens with two attached hydrogens (primary N) is 1. The van der Waals surface area contributed by atoms with E-state index in [2.05, 4.69) is 5.32 Å². The number of nitrogens with one attached hydrogen (secondary N) is 1. The van der Waals surface area contributed by atoms with Crippen LogP contribution in [0.5, 0.6) is 0 Å². The first-order chi connectivity index (χ1) is 8.65. The first kappa shape index (κ1) is 14.8. The molecule has 4 nitrogen and oxygen atoms in total. The summed E-state index contributed by atoms with van der Waals surface area (Å²) in [5.74, 6) is -0.122. The summed E-state index contributed by atoms with van der Waals surface area (Å²) in [5.41, 5.74) is 6.59. The molecule has 3 N–H and O–H groups in total. The van der Waals surface area contributed by atoms with Gasteiger partial charge in [0.25, 0.3) is 5.91 Å². The molecule has 1 aromatic carbocycles. The molecule has 0 atom stereocenters. The Hall–Kier alpha value is -1.26. The lowest BCUT2D eigenvalue weighted by Gasteiger charge is -2.06. The van der Waals surface area contributed by atoms with E-state index in [1.165, 1.54) is 0 Å². The quantitative estimate of drug-likeness (QED) is 0.591. The number of carbonyl (C=O) groups excluding carboxylic acids is 1. The number of benzene rings is 1. The Balaban J connectivity index is 2.30. The number of unbranched alkanes of at least 4 members (excludes halogenated alkanes) is 2. The van der Waals surface area contributed by atoms with Crippen LogP contribution in [0.3, 0.4) is 0 Å². The van der Waals surface area contributed by atoms with Gasteiger partial charge in [0, 0.05) is 25.8 Å². The van der Waals surface area contributed by atoms with Gasteiger partial charge >= 0.3 is 0 Å². The van der Waals surface area contributed by atoms with Gasteiger partial charge in [-0.05, 0) is 37.5 Å². The van der Waals surface area contributed by atoms with Crippen LogP contribution in [-0.4, -0.2) is 26.2 Å². The molecule has 0 aliphatic heterocycles. The van der Waals surface area contributed by atoms with Gasteiger partial charge in [-0.2, -0.15) is 0 Å². The molecule has 0 saturated heterocycles. The molecule has 0 aromatic heterocycles. The maximum atomic E-state index is 11.8. The molecule has 0 aliphatic rings. The van der Waals surface area contributed by atoms with Crippen LogP contribution in [0.25, 0.3) is 0 Å². The molecule has 1 rings (SSSR count). The molecule has 0 spiro atoms. The zero-order valence-corrected chi connectivity index (χ0v) is 11.3. The summed E-state index contributed by atoms with van der Waals surface area (Å²) in [4.78, 5) is 11.8. The molecule has 18 heavy (non-hydrogen) atoms. The van der Waals surface area contributed by atoms with Crippen molar-refractivity contribution >= 4 is 23.2 Å². The topological polar surface area (TPSA) is 64.3 Å². The van der Waals surface area contributed by atoms with E-state index in [0.29, 0.717) is 22.8 Å². The highest BCUT2D eigenvalue weighted by Gasteiger charge is 2.06. The second-order valence-corrected chi connectivity index (χ2v) is 4.45. The summed E-state index contributed by atoms with van der Waals surface area (Å²) < 4.78 is 4.95. The van der Waals surface area contributed by atoms with Gasteiger partial charge in [-0.15, -0.1) is 0 Å². The number of hydrogen-bond donors (Lipinski definition) is 2. The normalized spacial score (nSPS) is 10.3. The third-order valence-electron chi connectivity index (χ3n) is 2.57. The number of rotatable bonds is 7. The van der Waals surface area contributed by atoms with Crippen LogP contribution in [0, 0.1) is 0 Å². The van der Waals surface area contributed by atoms with Crippen molar-refractivity contribution in [3.05, 3.63) is 28.8 Å². The van der Waals surface area contributed by atoms with E-state index < -0.39 is 0 Å². The largest absolute Gasteiger partial charge is 0.398 e.